The molecule has 0 spiro atoms. The predicted molar refractivity (Wildman–Crippen MR) is 93.0 cm³/mol. The molecule has 136 valence electrons. The summed E-state index contributed by atoms with van der Waals surface area (Å²) >= 11 is 0. The Morgan fingerprint density at radius 3 is 2.67 bits per heavy atom. The molecule has 2 heterocycles. The van der Waals surface area contributed by atoms with Gasteiger partial charge in [-0.1, -0.05) is 25.9 Å². The Morgan fingerprint density at radius 2 is 2.12 bits per heavy atom. The van der Waals surface area contributed by atoms with Gasteiger partial charge in [0.15, 0.2) is 0 Å². The number of nitrogens with zero attached hydrogens (tertiary/aromatic N) is 2. The number of aliphatic hydroxyl groups excluding tert-OH is 1. The van der Waals surface area contributed by atoms with Crippen LogP contribution in [0.15, 0.2) is 4.52 Å². The molecule has 0 bridgehead atoms. The molecule has 1 aliphatic heterocycles. The number of aryl methyl sites for hydroxylation is 2. The van der Waals surface area contributed by atoms with Gasteiger partial charge in [-0.25, -0.2) is 4.79 Å². The van der Waals surface area contributed by atoms with Crippen LogP contribution in [0.3, 0.4) is 0 Å². The van der Waals surface area contributed by atoms with Crippen LogP contribution >= 0.6 is 0 Å². The molecule has 1 saturated heterocycles. The fourth-order valence-corrected chi connectivity index (χ4v) is 4.09. The Labute approximate surface area is 144 Å². The molecule has 2 unspecified atom stereocenters. The first-order valence-corrected chi connectivity index (χ1v) is 8.90. The minimum Gasteiger partial charge on any atom is -0.394 e. The minimum atomic E-state index is -0.412. The van der Waals surface area contributed by atoms with E-state index in [0.29, 0.717) is 19.0 Å². The van der Waals surface area contributed by atoms with E-state index in [4.69, 9.17) is 4.52 Å². The van der Waals surface area contributed by atoms with Crippen LogP contribution in [0.25, 0.3) is 0 Å². The average molecular weight is 337 g/mol. The summed E-state index contributed by atoms with van der Waals surface area (Å²) in [5.41, 5.74) is 1.53. The van der Waals surface area contributed by atoms with Gasteiger partial charge in [0.05, 0.1) is 17.8 Å². The van der Waals surface area contributed by atoms with E-state index < -0.39 is 5.54 Å². The van der Waals surface area contributed by atoms with E-state index in [9.17, 15) is 9.90 Å². The van der Waals surface area contributed by atoms with Crippen LogP contribution in [0.1, 0.15) is 63.0 Å². The van der Waals surface area contributed by atoms with Crippen molar-refractivity contribution in [3.8, 4) is 0 Å². The second-order valence-corrected chi connectivity index (χ2v) is 7.56. The smallest absolute Gasteiger partial charge is 0.317 e. The summed E-state index contributed by atoms with van der Waals surface area (Å²) in [6.45, 7) is 11.4. The van der Waals surface area contributed by atoms with Crippen LogP contribution in [-0.4, -0.2) is 46.4 Å². The third-order valence-electron chi connectivity index (χ3n) is 5.06. The van der Waals surface area contributed by atoms with Crippen molar-refractivity contribution < 1.29 is 14.4 Å². The van der Waals surface area contributed by atoms with E-state index in [0.717, 1.165) is 36.3 Å². The summed E-state index contributed by atoms with van der Waals surface area (Å²) in [6.07, 6.45) is 2.64. The highest BCUT2D eigenvalue weighted by Crippen LogP contribution is 2.34. The maximum atomic E-state index is 12.7. The molecular weight excluding hydrogens is 306 g/mol. The molecule has 1 fully saturated rings. The number of nitrogens with one attached hydrogen (secondary N) is 1. The summed E-state index contributed by atoms with van der Waals surface area (Å²) in [5.74, 6) is 1.38. The average Bonchev–Trinajstić information content (AvgIpc) is 3.08. The highest BCUT2D eigenvalue weighted by molar-refractivity contribution is 5.75. The van der Waals surface area contributed by atoms with Gasteiger partial charge in [0.1, 0.15) is 5.76 Å². The molecule has 2 atom stereocenters. The summed E-state index contributed by atoms with van der Waals surface area (Å²) in [7, 11) is 0. The van der Waals surface area contributed by atoms with Crippen LogP contribution in [0.5, 0.6) is 0 Å². The van der Waals surface area contributed by atoms with Crippen molar-refractivity contribution in [3.05, 3.63) is 17.0 Å². The van der Waals surface area contributed by atoms with Gasteiger partial charge < -0.3 is 19.8 Å². The maximum absolute atomic E-state index is 12.7. The molecule has 2 N–H and O–H groups in total. The van der Waals surface area contributed by atoms with E-state index in [-0.39, 0.29) is 18.6 Å². The number of rotatable bonds is 6. The molecule has 0 radical (unpaired) electrons. The van der Waals surface area contributed by atoms with E-state index in [2.05, 4.69) is 31.2 Å². The van der Waals surface area contributed by atoms with Crippen LogP contribution in [-0.2, 0) is 0 Å². The first-order chi connectivity index (χ1) is 11.3. The zero-order chi connectivity index (χ0) is 17.9. The molecular formula is C18H31N3O3. The standard InChI is InChI=1S/C18H31N3O3/c1-12(2)9-18(11-22)7-6-8-21(18)17(23)19-10-13(3)16-14(4)20-24-15(16)5/h12-13,22H,6-11H2,1-5H3,(H,19,23). The third kappa shape index (κ3) is 3.74. The van der Waals surface area contributed by atoms with Crippen molar-refractivity contribution in [3.63, 3.8) is 0 Å². The molecule has 2 amide bonds. The third-order valence-corrected chi connectivity index (χ3v) is 5.06. The van der Waals surface area contributed by atoms with Gasteiger partial charge >= 0.3 is 6.03 Å². The number of carbonyl (C=O) groups is 1. The zero-order valence-corrected chi connectivity index (χ0v) is 15.6. The molecule has 1 aliphatic rings. The topological polar surface area (TPSA) is 78.6 Å². The van der Waals surface area contributed by atoms with Crippen LogP contribution in [0, 0.1) is 19.8 Å². The Kier molecular flexibility index (Phi) is 5.91. The zero-order valence-electron chi connectivity index (χ0n) is 15.6. The Hall–Kier alpha value is -1.56. The highest BCUT2D eigenvalue weighted by Gasteiger charge is 2.43. The van der Waals surface area contributed by atoms with Crippen molar-refractivity contribution >= 4 is 6.03 Å². The lowest BCUT2D eigenvalue weighted by atomic mass is 9.87. The summed E-state index contributed by atoms with van der Waals surface area (Å²) in [6, 6.07) is -0.0826. The SMILES string of the molecule is Cc1noc(C)c1C(C)CNC(=O)N1CCCC1(CO)CC(C)C. The van der Waals surface area contributed by atoms with Gasteiger partial charge in [-0.2, -0.15) is 0 Å². The van der Waals surface area contributed by atoms with E-state index in [1.54, 1.807) is 0 Å². The van der Waals surface area contributed by atoms with Gasteiger partial charge in [0.2, 0.25) is 0 Å². The molecule has 0 aliphatic carbocycles. The number of hydrogen-bond donors (Lipinski definition) is 2. The summed E-state index contributed by atoms with van der Waals surface area (Å²) in [5, 5.41) is 17.0. The van der Waals surface area contributed by atoms with Gasteiger partial charge in [-0.3, -0.25) is 0 Å². The number of aromatic nitrogens is 1. The number of aliphatic hydroxyl groups is 1. The molecule has 2 rings (SSSR count). The maximum Gasteiger partial charge on any atom is 0.317 e. The lowest BCUT2D eigenvalue weighted by Gasteiger charge is -2.38. The van der Waals surface area contributed by atoms with Crippen LogP contribution in [0.2, 0.25) is 0 Å². The summed E-state index contributed by atoms with van der Waals surface area (Å²) in [4.78, 5) is 14.6. The van der Waals surface area contributed by atoms with Gasteiger partial charge in [-0.15, -0.1) is 0 Å². The Balaban J connectivity index is 2.01. The lowest BCUT2D eigenvalue weighted by Crippen LogP contribution is -2.54. The number of likely N-dealkylation sites (tertiary alicyclic amines) is 1. The van der Waals surface area contributed by atoms with Gasteiger partial charge in [0, 0.05) is 24.6 Å². The van der Waals surface area contributed by atoms with Crippen molar-refractivity contribution in [1.82, 2.24) is 15.4 Å². The van der Waals surface area contributed by atoms with Crippen LogP contribution in [0.4, 0.5) is 4.79 Å². The van der Waals surface area contributed by atoms with Crippen molar-refractivity contribution in [2.45, 2.75) is 65.3 Å². The Bertz CT molecular complexity index is 550. The van der Waals surface area contributed by atoms with Gasteiger partial charge in [0.25, 0.3) is 0 Å². The molecule has 0 saturated carbocycles. The first kappa shape index (κ1) is 18.8. The number of urea groups is 1. The van der Waals surface area contributed by atoms with Crippen molar-refractivity contribution in [2.24, 2.45) is 5.92 Å². The number of hydrogen-bond acceptors (Lipinski definition) is 4. The first-order valence-electron chi connectivity index (χ1n) is 8.90. The largest absolute Gasteiger partial charge is 0.394 e. The van der Waals surface area contributed by atoms with Crippen molar-refractivity contribution in [2.75, 3.05) is 19.7 Å². The van der Waals surface area contributed by atoms with E-state index >= 15 is 0 Å². The minimum absolute atomic E-state index is 0.0258. The molecule has 0 aromatic carbocycles. The second kappa shape index (κ2) is 7.55. The Morgan fingerprint density at radius 1 is 1.42 bits per heavy atom. The molecule has 1 aromatic heterocycles. The van der Waals surface area contributed by atoms with E-state index in [1.165, 1.54) is 0 Å². The number of amides is 2. The molecule has 6 heteroatoms. The number of carbonyl (C=O) groups excluding carboxylic acids is 1. The fraction of sp³-hybridized carbons (Fsp3) is 0.778. The molecule has 24 heavy (non-hydrogen) atoms. The summed E-state index contributed by atoms with van der Waals surface area (Å²) < 4.78 is 5.21. The lowest BCUT2D eigenvalue weighted by molar-refractivity contribution is 0.0676. The van der Waals surface area contributed by atoms with Crippen LogP contribution < -0.4 is 5.32 Å². The quantitative estimate of drug-likeness (QED) is 0.836. The van der Waals surface area contributed by atoms with E-state index in [1.807, 2.05) is 18.7 Å². The second-order valence-electron chi connectivity index (χ2n) is 7.56. The van der Waals surface area contributed by atoms with Crippen molar-refractivity contribution in [1.29, 1.82) is 0 Å². The molecule has 1 aromatic rings. The highest BCUT2D eigenvalue weighted by atomic mass is 16.5. The fourth-order valence-electron chi connectivity index (χ4n) is 4.09. The predicted octanol–water partition coefficient (Wildman–Crippen LogP) is 2.98. The normalized spacial score (nSPS) is 22.2. The van der Waals surface area contributed by atoms with Gasteiger partial charge in [-0.05, 0) is 39.0 Å². The molecule has 6 nitrogen and oxygen atoms in total. The monoisotopic (exact) mass is 337 g/mol.